The number of hydrogen-bond acceptors (Lipinski definition) is 7. The Hall–Kier alpha value is -3.13. The van der Waals surface area contributed by atoms with E-state index in [4.69, 9.17) is 13.9 Å². The smallest absolute Gasteiger partial charge is 0.309 e. The maximum atomic E-state index is 13.2. The number of nitrogens with zero attached hydrogens (tertiary/aromatic N) is 3. The molecule has 0 N–H and O–H groups in total. The van der Waals surface area contributed by atoms with Crippen molar-refractivity contribution in [1.82, 2.24) is 9.91 Å². The van der Waals surface area contributed by atoms with Gasteiger partial charge in [0.1, 0.15) is 17.6 Å². The first-order valence-corrected chi connectivity index (χ1v) is 11.1. The predicted octanol–water partition coefficient (Wildman–Crippen LogP) is 3.24. The molecular formula is C24H29N3O5. The molecular weight excluding hydrogens is 410 g/mol. The van der Waals surface area contributed by atoms with Crippen LogP contribution in [-0.2, 0) is 14.3 Å². The number of carbonyl (C=O) groups excluding carboxylic acids is 2. The van der Waals surface area contributed by atoms with Crippen LogP contribution in [0.25, 0.3) is 0 Å². The average Bonchev–Trinajstić information content (AvgIpc) is 3.50. The van der Waals surface area contributed by atoms with Gasteiger partial charge in [0.25, 0.3) is 5.91 Å². The number of furan rings is 1. The average molecular weight is 440 g/mol. The molecule has 1 fully saturated rings. The first-order valence-electron chi connectivity index (χ1n) is 11.1. The third-order valence-corrected chi connectivity index (χ3v) is 6.03. The number of hydrazone groups is 1. The summed E-state index contributed by atoms with van der Waals surface area (Å²) in [6.45, 7) is 3.84. The van der Waals surface area contributed by atoms with E-state index in [1.807, 2.05) is 43.3 Å². The van der Waals surface area contributed by atoms with Crippen LogP contribution in [0, 0.1) is 5.92 Å². The summed E-state index contributed by atoms with van der Waals surface area (Å²) in [7, 11) is 1.63. The molecule has 1 amide bonds. The number of amides is 1. The minimum absolute atomic E-state index is 0.0792. The van der Waals surface area contributed by atoms with Gasteiger partial charge in [0.2, 0.25) is 0 Å². The molecule has 0 saturated carbocycles. The molecule has 0 spiro atoms. The van der Waals surface area contributed by atoms with Crippen LogP contribution in [-0.4, -0.2) is 60.8 Å². The number of likely N-dealkylation sites (tertiary alicyclic amines) is 1. The minimum Gasteiger partial charge on any atom is -0.497 e. The molecule has 1 aromatic heterocycles. The molecule has 3 heterocycles. The van der Waals surface area contributed by atoms with E-state index in [0.717, 1.165) is 17.0 Å². The summed E-state index contributed by atoms with van der Waals surface area (Å²) in [6.07, 6.45) is 3.60. The monoisotopic (exact) mass is 439 g/mol. The van der Waals surface area contributed by atoms with Gasteiger partial charge in [-0.25, -0.2) is 5.01 Å². The quantitative estimate of drug-likeness (QED) is 0.616. The Labute approximate surface area is 187 Å². The third-order valence-electron chi connectivity index (χ3n) is 6.03. The second-order valence-electron chi connectivity index (χ2n) is 8.05. The van der Waals surface area contributed by atoms with Gasteiger partial charge in [-0.2, -0.15) is 5.10 Å². The van der Waals surface area contributed by atoms with Crippen molar-refractivity contribution in [2.75, 3.05) is 33.4 Å². The lowest BCUT2D eigenvalue weighted by atomic mass is 9.97. The van der Waals surface area contributed by atoms with Gasteiger partial charge < -0.3 is 13.9 Å². The zero-order valence-electron chi connectivity index (χ0n) is 18.5. The van der Waals surface area contributed by atoms with Gasteiger partial charge in [-0.1, -0.05) is 0 Å². The fraction of sp³-hybridized carbons (Fsp3) is 0.458. The zero-order chi connectivity index (χ0) is 22.5. The van der Waals surface area contributed by atoms with Crippen molar-refractivity contribution in [2.45, 2.75) is 32.2 Å². The fourth-order valence-corrected chi connectivity index (χ4v) is 4.25. The highest BCUT2D eigenvalue weighted by atomic mass is 16.5. The highest BCUT2D eigenvalue weighted by Gasteiger charge is 2.36. The summed E-state index contributed by atoms with van der Waals surface area (Å²) in [5.74, 6) is 1.19. The highest BCUT2D eigenvalue weighted by Crippen LogP contribution is 2.33. The molecule has 0 radical (unpaired) electrons. The molecule has 2 aliphatic heterocycles. The lowest BCUT2D eigenvalue weighted by Crippen LogP contribution is -2.43. The van der Waals surface area contributed by atoms with Crippen LogP contribution in [0.15, 0.2) is 52.2 Å². The molecule has 32 heavy (non-hydrogen) atoms. The molecule has 1 saturated heterocycles. The molecule has 1 atom stereocenters. The summed E-state index contributed by atoms with van der Waals surface area (Å²) in [6, 6.07) is 11.1. The number of hydrogen-bond donors (Lipinski definition) is 0. The number of esters is 1. The van der Waals surface area contributed by atoms with Crippen LogP contribution in [0.1, 0.15) is 43.6 Å². The van der Waals surface area contributed by atoms with Crippen LogP contribution in [0.3, 0.4) is 0 Å². The standard InChI is InChI=1S/C24H29N3O5/c1-3-31-24(29)18-10-12-26(13-11-18)16-23(28)27-21(22-5-4-14-32-22)15-20(25-27)17-6-8-19(30-2)9-7-17/h4-9,14,18,21H,3,10-13,15-16H2,1-2H3/t21-/m0/s1. The topological polar surface area (TPSA) is 84.6 Å². The number of ether oxygens (including phenoxy) is 2. The Morgan fingerprint density at radius 2 is 1.91 bits per heavy atom. The first kappa shape index (κ1) is 22.1. The summed E-state index contributed by atoms with van der Waals surface area (Å²) in [5, 5.41) is 6.23. The number of carbonyl (C=O) groups is 2. The normalized spacial score (nSPS) is 19.6. The van der Waals surface area contributed by atoms with Crippen LogP contribution in [0.2, 0.25) is 0 Å². The van der Waals surface area contributed by atoms with E-state index in [9.17, 15) is 9.59 Å². The van der Waals surface area contributed by atoms with E-state index in [-0.39, 0.29) is 30.4 Å². The maximum Gasteiger partial charge on any atom is 0.309 e. The van der Waals surface area contributed by atoms with Crippen LogP contribution in [0.4, 0.5) is 0 Å². The van der Waals surface area contributed by atoms with Crippen LogP contribution in [0.5, 0.6) is 5.75 Å². The van der Waals surface area contributed by atoms with Crippen LogP contribution < -0.4 is 4.74 Å². The van der Waals surface area contributed by atoms with E-state index >= 15 is 0 Å². The van der Waals surface area contributed by atoms with E-state index in [2.05, 4.69) is 10.0 Å². The van der Waals surface area contributed by atoms with E-state index in [1.165, 1.54) is 0 Å². The van der Waals surface area contributed by atoms with Gasteiger partial charge in [-0.15, -0.1) is 0 Å². The SMILES string of the molecule is CCOC(=O)C1CCN(CC(=O)N2N=C(c3ccc(OC)cc3)C[C@H]2c2ccco2)CC1. The Morgan fingerprint density at radius 1 is 1.16 bits per heavy atom. The Balaban J connectivity index is 1.44. The molecule has 0 bridgehead atoms. The zero-order valence-corrected chi connectivity index (χ0v) is 18.5. The summed E-state index contributed by atoms with van der Waals surface area (Å²) in [4.78, 5) is 27.3. The molecule has 0 unspecified atom stereocenters. The second-order valence-corrected chi connectivity index (χ2v) is 8.05. The number of benzene rings is 1. The van der Waals surface area contributed by atoms with Crippen molar-refractivity contribution in [1.29, 1.82) is 0 Å². The van der Waals surface area contributed by atoms with Crippen molar-refractivity contribution in [3.63, 3.8) is 0 Å². The summed E-state index contributed by atoms with van der Waals surface area (Å²) < 4.78 is 16.0. The molecule has 170 valence electrons. The van der Waals surface area contributed by atoms with Gasteiger partial charge in [-0.05, 0) is 74.8 Å². The molecule has 1 aromatic carbocycles. The van der Waals surface area contributed by atoms with Gasteiger partial charge in [0, 0.05) is 6.42 Å². The lowest BCUT2D eigenvalue weighted by molar-refractivity contribution is -0.149. The van der Waals surface area contributed by atoms with Gasteiger partial charge >= 0.3 is 5.97 Å². The molecule has 2 aromatic rings. The largest absolute Gasteiger partial charge is 0.497 e. The molecule has 2 aliphatic rings. The minimum atomic E-state index is -0.272. The van der Waals surface area contributed by atoms with Gasteiger partial charge in [-0.3, -0.25) is 14.5 Å². The Morgan fingerprint density at radius 3 is 2.53 bits per heavy atom. The van der Waals surface area contributed by atoms with E-state index < -0.39 is 0 Å². The Bertz CT molecular complexity index is 947. The molecule has 8 heteroatoms. The second kappa shape index (κ2) is 9.99. The molecule has 8 nitrogen and oxygen atoms in total. The van der Waals surface area contributed by atoms with Crippen LogP contribution >= 0.6 is 0 Å². The van der Waals surface area contributed by atoms with Crippen molar-refractivity contribution in [3.05, 3.63) is 54.0 Å². The number of piperidine rings is 1. The molecule has 4 rings (SSSR count). The van der Waals surface area contributed by atoms with Gasteiger partial charge in [0.05, 0.1) is 38.2 Å². The summed E-state index contributed by atoms with van der Waals surface area (Å²) in [5.41, 5.74) is 1.79. The van der Waals surface area contributed by atoms with Gasteiger partial charge in [0.15, 0.2) is 0 Å². The maximum absolute atomic E-state index is 13.2. The Kier molecular flexibility index (Phi) is 6.90. The predicted molar refractivity (Wildman–Crippen MR) is 118 cm³/mol. The van der Waals surface area contributed by atoms with E-state index in [1.54, 1.807) is 18.4 Å². The number of rotatable bonds is 7. The number of methoxy groups -OCH3 is 1. The van der Waals surface area contributed by atoms with Crippen molar-refractivity contribution in [2.24, 2.45) is 11.0 Å². The van der Waals surface area contributed by atoms with Crippen molar-refractivity contribution < 1.29 is 23.5 Å². The van der Waals surface area contributed by atoms with Crippen molar-refractivity contribution in [3.8, 4) is 5.75 Å². The lowest BCUT2D eigenvalue weighted by Gasteiger charge is -2.31. The van der Waals surface area contributed by atoms with Crippen molar-refractivity contribution >= 4 is 17.6 Å². The third kappa shape index (κ3) is 4.85. The first-order chi connectivity index (χ1) is 15.6. The van der Waals surface area contributed by atoms with E-state index in [0.29, 0.717) is 44.7 Å². The molecule has 0 aliphatic carbocycles. The fourth-order valence-electron chi connectivity index (χ4n) is 4.25. The summed E-state index contributed by atoms with van der Waals surface area (Å²) >= 11 is 0. The highest BCUT2D eigenvalue weighted by molar-refractivity contribution is 6.03.